The Bertz CT molecular complexity index is 691. The molecule has 14 heteroatoms. The van der Waals surface area contributed by atoms with Crippen LogP contribution in [0.5, 0.6) is 0 Å². The highest BCUT2D eigenvalue weighted by molar-refractivity contribution is 5.76. The average Bonchev–Trinajstić information content (AvgIpc) is 2.78. The first kappa shape index (κ1) is 31.4. The lowest BCUT2D eigenvalue weighted by molar-refractivity contribution is -0.303. The van der Waals surface area contributed by atoms with Gasteiger partial charge in [-0.2, -0.15) is 0 Å². The summed E-state index contributed by atoms with van der Waals surface area (Å²) in [6.07, 6.45) is -7.56. The van der Waals surface area contributed by atoms with Gasteiger partial charge in [-0.25, -0.2) is 15.5 Å². The fourth-order valence-corrected chi connectivity index (χ4v) is 3.38. The van der Waals surface area contributed by atoms with Crippen LogP contribution in [0, 0.1) is 0 Å². The molecule has 14 nitrogen and oxygen atoms in total. The molecule has 0 aromatic heterocycles. The highest BCUT2D eigenvalue weighted by atomic mass is 16.7. The van der Waals surface area contributed by atoms with Crippen LogP contribution in [0.2, 0.25) is 0 Å². The SMILES string of the molecule is COC1(C(=O)O)CC(O)C(NC(=O)OCCC(C)(C)OCCC(C)(C)ON)C(C(O)C(O)CO)O1. The monoisotopic (exact) mass is 512 g/mol. The number of amides is 1. The van der Waals surface area contributed by atoms with Gasteiger partial charge in [0.25, 0.3) is 5.79 Å². The molecule has 1 fully saturated rings. The average molecular weight is 513 g/mol. The van der Waals surface area contributed by atoms with E-state index in [1.165, 1.54) is 0 Å². The highest BCUT2D eigenvalue weighted by Gasteiger charge is 2.55. The Morgan fingerprint density at radius 1 is 1.17 bits per heavy atom. The van der Waals surface area contributed by atoms with Crippen LogP contribution in [0.25, 0.3) is 0 Å². The van der Waals surface area contributed by atoms with Gasteiger partial charge < -0.3 is 49.8 Å². The molecule has 0 radical (unpaired) electrons. The van der Waals surface area contributed by atoms with Crippen LogP contribution in [0.15, 0.2) is 0 Å². The number of aliphatic carboxylic acids is 1. The number of carboxylic acid groups (broad SMARTS) is 1. The van der Waals surface area contributed by atoms with Crippen molar-refractivity contribution in [1.29, 1.82) is 0 Å². The first-order chi connectivity index (χ1) is 16.1. The Balaban J connectivity index is 2.76. The summed E-state index contributed by atoms with van der Waals surface area (Å²) in [5, 5.41) is 51.8. The van der Waals surface area contributed by atoms with Gasteiger partial charge >= 0.3 is 12.1 Å². The van der Waals surface area contributed by atoms with Crippen LogP contribution in [0.3, 0.4) is 0 Å². The maximum Gasteiger partial charge on any atom is 0.407 e. The van der Waals surface area contributed by atoms with Crippen LogP contribution in [-0.4, -0.2) is 112 Å². The minimum Gasteiger partial charge on any atom is -0.477 e. The molecule has 0 spiro atoms. The first-order valence-electron chi connectivity index (χ1n) is 11.2. The predicted octanol–water partition coefficient (Wildman–Crippen LogP) is -1.38. The number of carbonyl (C=O) groups excluding carboxylic acids is 1. The van der Waals surface area contributed by atoms with Crippen LogP contribution in [0.1, 0.15) is 47.0 Å². The van der Waals surface area contributed by atoms with E-state index < -0.39 is 72.5 Å². The Morgan fingerprint density at radius 3 is 2.29 bits per heavy atom. The molecular formula is C21H40N2O12. The number of carbonyl (C=O) groups is 2. The molecule has 1 aliphatic rings. The van der Waals surface area contributed by atoms with Crippen molar-refractivity contribution in [2.45, 2.75) is 94.4 Å². The second-order valence-corrected chi connectivity index (χ2v) is 9.65. The summed E-state index contributed by atoms with van der Waals surface area (Å²) >= 11 is 0. The van der Waals surface area contributed by atoms with Crippen LogP contribution in [0.4, 0.5) is 4.79 Å². The van der Waals surface area contributed by atoms with E-state index in [4.69, 9.17) is 34.8 Å². The molecule has 8 N–H and O–H groups in total. The third-order valence-corrected chi connectivity index (χ3v) is 5.88. The Labute approximate surface area is 204 Å². The number of ether oxygens (including phenoxy) is 4. The van der Waals surface area contributed by atoms with Gasteiger partial charge in [0.2, 0.25) is 0 Å². The van der Waals surface area contributed by atoms with E-state index >= 15 is 0 Å². The lowest BCUT2D eigenvalue weighted by Crippen LogP contribution is -2.67. The topological polar surface area (TPSA) is 219 Å². The summed E-state index contributed by atoms with van der Waals surface area (Å²) in [4.78, 5) is 28.9. The van der Waals surface area contributed by atoms with Crippen LogP contribution < -0.4 is 11.2 Å². The summed E-state index contributed by atoms with van der Waals surface area (Å²) in [5.74, 6) is 1.30. The van der Waals surface area contributed by atoms with Gasteiger partial charge in [0.05, 0.1) is 43.2 Å². The van der Waals surface area contributed by atoms with Crippen molar-refractivity contribution in [2.75, 3.05) is 26.9 Å². The Morgan fingerprint density at radius 2 is 1.77 bits per heavy atom. The second kappa shape index (κ2) is 13.1. The lowest BCUT2D eigenvalue weighted by atomic mass is 9.88. The zero-order valence-electron chi connectivity index (χ0n) is 20.8. The van der Waals surface area contributed by atoms with E-state index in [-0.39, 0.29) is 6.61 Å². The van der Waals surface area contributed by atoms with Gasteiger partial charge in [0.15, 0.2) is 0 Å². The fraction of sp³-hybridized carbons (Fsp3) is 0.905. The molecular weight excluding hydrogens is 472 g/mol. The Hall–Kier alpha value is -1.62. The van der Waals surface area contributed by atoms with Crippen molar-refractivity contribution in [1.82, 2.24) is 5.32 Å². The summed E-state index contributed by atoms with van der Waals surface area (Å²) in [6, 6.07) is -1.39. The maximum atomic E-state index is 12.4. The number of carboxylic acids is 1. The number of aliphatic hydroxyl groups is 4. The molecule has 35 heavy (non-hydrogen) atoms. The van der Waals surface area contributed by atoms with Gasteiger partial charge in [-0.15, -0.1) is 0 Å². The van der Waals surface area contributed by atoms with Crippen molar-refractivity contribution >= 4 is 12.1 Å². The predicted molar refractivity (Wildman–Crippen MR) is 119 cm³/mol. The number of methoxy groups -OCH3 is 1. The van der Waals surface area contributed by atoms with Crippen LogP contribution in [-0.2, 0) is 28.6 Å². The molecule has 1 heterocycles. The molecule has 6 unspecified atom stereocenters. The van der Waals surface area contributed by atoms with Gasteiger partial charge in [-0.05, 0) is 27.7 Å². The van der Waals surface area contributed by atoms with Crippen molar-refractivity contribution in [3.8, 4) is 0 Å². The number of aliphatic hydroxyl groups excluding tert-OH is 4. The van der Waals surface area contributed by atoms with Gasteiger partial charge in [-0.3, -0.25) is 4.84 Å². The third-order valence-electron chi connectivity index (χ3n) is 5.88. The number of hydrogen-bond donors (Lipinski definition) is 7. The molecule has 6 atom stereocenters. The fourth-order valence-electron chi connectivity index (χ4n) is 3.38. The van der Waals surface area contributed by atoms with E-state index in [9.17, 15) is 30.0 Å². The van der Waals surface area contributed by atoms with Gasteiger partial charge in [0.1, 0.15) is 18.3 Å². The minimum absolute atomic E-state index is 0.0666. The third kappa shape index (κ3) is 9.08. The van der Waals surface area contributed by atoms with Crippen molar-refractivity contribution < 1.29 is 58.9 Å². The molecule has 1 saturated heterocycles. The van der Waals surface area contributed by atoms with Gasteiger partial charge in [-0.1, -0.05) is 0 Å². The Kier molecular flexibility index (Phi) is 11.7. The molecule has 1 aliphatic heterocycles. The minimum atomic E-state index is -2.34. The number of rotatable bonds is 14. The van der Waals surface area contributed by atoms with E-state index in [2.05, 4.69) is 5.32 Å². The molecule has 0 bridgehead atoms. The van der Waals surface area contributed by atoms with E-state index in [1.54, 1.807) is 0 Å². The summed E-state index contributed by atoms with van der Waals surface area (Å²) in [5.41, 5.74) is -1.21. The highest BCUT2D eigenvalue weighted by Crippen LogP contribution is 2.33. The molecule has 0 aliphatic carbocycles. The quantitative estimate of drug-likeness (QED) is 0.134. The van der Waals surface area contributed by atoms with Crippen molar-refractivity contribution in [3.63, 3.8) is 0 Å². The van der Waals surface area contributed by atoms with E-state index in [0.29, 0.717) is 19.4 Å². The number of hydrogen-bond acceptors (Lipinski definition) is 12. The van der Waals surface area contributed by atoms with Crippen molar-refractivity contribution in [3.05, 3.63) is 0 Å². The van der Waals surface area contributed by atoms with Crippen molar-refractivity contribution in [2.24, 2.45) is 5.90 Å². The molecule has 1 amide bonds. The van der Waals surface area contributed by atoms with Crippen LogP contribution >= 0.6 is 0 Å². The molecule has 0 saturated carbocycles. The second-order valence-electron chi connectivity index (χ2n) is 9.65. The largest absolute Gasteiger partial charge is 0.477 e. The number of alkyl carbamates (subject to hydrolysis) is 1. The summed E-state index contributed by atoms with van der Waals surface area (Å²) in [6.45, 7) is 6.65. The zero-order chi connectivity index (χ0) is 27.0. The normalized spacial score (nSPS) is 27.2. The number of nitrogens with one attached hydrogen (secondary N) is 1. The lowest BCUT2D eigenvalue weighted by Gasteiger charge is -2.45. The van der Waals surface area contributed by atoms with E-state index in [0.717, 1.165) is 7.11 Å². The first-order valence-corrected chi connectivity index (χ1v) is 11.2. The molecule has 0 aromatic rings. The summed E-state index contributed by atoms with van der Waals surface area (Å²) in [7, 11) is 1.03. The number of nitrogens with two attached hydrogens (primary N) is 1. The molecule has 1 rings (SSSR count). The summed E-state index contributed by atoms with van der Waals surface area (Å²) < 4.78 is 21.2. The van der Waals surface area contributed by atoms with E-state index in [1.807, 2.05) is 27.7 Å². The standard InChI is InChI=1S/C21H40N2O12/c1-19(2,33-9-7-20(3,4)35-22)6-8-32-18(30)23-14-12(25)10-21(31-5,17(28)29)34-16(14)15(27)13(26)11-24/h12-16,24-27H,6-11,22H2,1-5H3,(H,23,30)(H,28,29). The maximum absolute atomic E-state index is 12.4. The van der Waals surface area contributed by atoms with Gasteiger partial charge in [0, 0.05) is 26.4 Å². The molecule has 0 aromatic carbocycles. The smallest absolute Gasteiger partial charge is 0.407 e. The zero-order valence-corrected chi connectivity index (χ0v) is 20.8. The molecule has 206 valence electrons.